The fourth-order valence-electron chi connectivity index (χ4n) is 7.82. The summed E-state index contributed by atoms with van der Waals surface area (Å²) in [6.07, 6.45) is 2.97. The van der Waals surface area contributed by atoms with Crippen molar-refractivity contribution in [3.63, 3.8) is 0 Å². The summed E-state index contributed by atoms with van der Waals surface area (Å²) in [5, 5.41) is 10.1. The molecular formula is C38H45BrClN3O7. The van der Waals surface area contributed by atoms with Gasteiger partial charge in [0.1, 0.15) is 17.7 Å². The van der Waals surface area contributed by atoms with Crippen LogP contribution in [-0.2, 0) is 28.7 Å². The highest BCUT2D eigenvalue weighted by atomic mass is 79.9. The lowest BCUT2D eigenvalue weighted by Gasteiger charge is -2.37. The van der Waals surface area contributed by atoms with Crippen LogP contribution in [0.3, 0.4) is 0 Å². The third-order valence-corrected chi connectivity index (χ3v) is 11.4. The third-order valence-electron chi connectivity index (χ3n) is 10.3. The molecular weight excluding hydrogens is 726 g/mol. The average molecular weight is 771 g/mol. The van der Waals surface area contributed by atoms with E-state index in [1.165, 1.54) is 9.80 Å². The van der Waals surface area contributed by atoms with Gasteiger partial charge in [0.2, 0.25) is 11.8 Å². The van der Waals surface area contributed by atoms with Gasteiger partial charge in [0.25, 0.3) is 5.91 Å². The molecule has 0 aliphatic carbocycles. The molecule has 3 amide bonds. The molecule has 3 fully saturated rings. The third kappa shape index (κ3) is 6.77. The minimum Gasteiger partial charge on any atom is -0.455 e. The van der Waals surface area contributed by atoms with Gasteiger partial charge in [-0.25, -0.2) is 0 Å². The maximum atomic E-state index is 14.8. The molecule has 0 radical (unpaired) electrons. The Kier molecular flexibility index (Phi) is 11.9. The fourth-order valence-corrected chi connectivity index (χ4v) is 9.08. The number of ether oxygens (including phenoxy) is 2. The number of likely N-dealkylation sites (tertiary alicyclic amines) is 1. The molecule has 1 N–H and O–H groups in total. The first kappa shape index (κ1) is 37.7. The molecule has 2 bridgehead atoms. The molecule has 2 aromatic carbocycles. The number of halogens is 2. The molecule has 8 atom stereocenters. The van der Waals surface area contributed by atoms with E-state index in [0.717, 1.165) is 5.56 Å². The number of carbonyl (C=O) groups is 4. The van der Waals surface area contributed by atoms with Gasteiger partial charge in [-0.2, -0.15) is 0 Å². The topological polar surface area (TPSA) is 117 Å². The van der Waals surface area contributed by atoms with Gasteiger partial charge < -0.3 is 29.3 Å². The van der Waals surface area contributed by atoms with E-state index in [1.807, 2.05) is 50.2 Å². The molecule has 12 heteroatoms. The summed E-state index contributed by atoms with van der Waals surface area (Å²) in [6.45, 7) is 11.2. The van der Waals surface area contributed by atoms with E-state index >= 15 is 0 Å². The number of aryl methyl sites for hydroxylation is 1. The number of hydrogen-bond donors (Lipinski definition) is 1. The zero-order valence-corrected chi connectivity index (χ0v) is 31.0. The second-order valence-corrected chi connectivity index (χ2v) is 14.8. The van der Waals surface area contributed by atoms with E-state index in [0.29, 0.717) is 29.1 Å². The quantitative estimate of drug-likeness (QED) is 0.147. The van der Waals surface area contributed by atoms with Gasteiger partial charge in [-0.1, -0.05) is 82.1 Å². The second kappa shape index (κ2) is 15.8. The number of para-hydroxylation sites is 1. The van der Waals surface area contributed by atoms with Crippen molar-refractivity contribution in [2.45, 2.75) is 74.3 Å². The first-order valence-electron chi connectivity index (χ1n) is 17.0. The molecule has 0 saturated carbocycles. The summed E-state index contributed by atoms with van der Waals surface area (Å²) in [5.74, 6) is -3.65. The van der Waals surface area contributed by atoms with Gasteiger partial charge in [-0.3, -0.25) is 19.2 Å². The summed E-state index contributed by atoms with van der Waals surface area (Å²) in [7, 11) is 1.68. The predicted octanol–water partition coefficient (Wildman–Crippen LogP) is 5.40. The Labute approximate surface area is 307 Å². The van der Waals surface area contributed by atoms with Crippen molar-refractivity contribution >= 4 is 56.9 Å². The van der Waals surface area contributed by atoms with Crippen LogP contribution in [0.25, 0.3) is 0 Å². The first-order chi connectivity index (χ1) is 23.9. The van der Waals surface area contributed by atoms with Crippen molar-refractivity contribution in [1.29, 1.82) is 0 Å². The Bertz CT molecular complexity index is 1600. The minimum atomic E-state index is -1.36. The van der Waals surface area contributed by atoms with Gasteiger partial charge in [0.05, 0.1) is 34.7 Å². The summed E-state index contributed by atoms with van der Waals surface area (Å²) in [6, 6.07) is 12.9. The largest absolute Gasteiger partial charge is 0.455 e. The number of nitrogens with zero attached hydrogens (tertiary/aromatic N) is 3. The van der Waals surface area contributed by atoms with Crippen LogP contribution in [0.4, 0.5) is 5.69 Å². The molecule has 3 aliphatic heterocycles. The summed E-state index contributed by atoms with van der Waals surface area (Å²) in [4.78, 5) is 61.0. The Balaban J connectivity index is 1.53. The molecule has 1 spiro atoms. The number of esters is 1. The Morgan fingerprint density at radius 2 is 1.90 bits per heavy atom. The van der Waals surface area contributed by atoms with Gasteiger partial charge in [-0.15, -0.1) is 13.2 Å². The summed E-state index contributed by atoms with van der Waals surface area (Å²) in [5.41, 5.74) is 0.597. The number of rotatable bonds is 15. The number of alkyl halides is 1. The maximum absolute atomic E-state index is 14.8. The van der Waals surface area contributed by atoms with Crippen LogP contribution in [0.2, 0.25) is 5.02 Å². The number of likely N-dealkylation sites (N-methyl/N-ethyl adjacent to an activating group) is 1. The fraction of sp³-hybridized carbons (Fsp3) is 0.474. The van der Waals surface area contributed by atoms with E-state index in [1.54, 1.807) is 36.2 Å². The lowest BCUT2D eigenvalue weighted by Crippen LogP contribution is -2.57. The molecule has 268 valence electrons. The van der Waals surface area contributed by atoms with E-state index in [4.69, 9.17) is 21.1 Å². The predicted molar refractivity (Wildman–Crippen MR) is 195 cm³/mol. The highest BCUT2D eigenvalue weighted by Crippen LogP contribution is 2.60. The Hall–Kier alpha value is -3.51. The maximum Gasteiger partial charge on any atom is 0.313 e. The highest BCUT2D eigenvalue weighted by molar-refractivity contribution is 9.09. The van der Waals surface area contributed by atoms with Crippen molar-refractivity contribution < 1.29 is 33.8 Å². The molecule has 0 aromatic heterocycles. The SMILES string of the molecule is C=CCCC(=O)N(C)[C@@H](C)[C@@H](OC(=O)[C@H]1[C@@H]2O[C@@]3(CC2Br)[C@@H]1C(=O)N(CCCO)[C@@H]3C(=O)N(CC=C)c1c(C)cccc1Cl)c1ccccc1. The zero-order chi connectivity index (χ0) is 36.3. The Morgan fingerprint density at radius 1 is 1.18 bits per heavy atom. The van der Waals surface area contributed by atoms with E-state index < -0.39 is 59.5 Å². The average Bonchev–Trinajstić information content (AvgIpc) is 3.70. The van der Waals surface area contributed by atoms with Crippen LogP contribution >= 0.6 is 27.5 Å². The monoisotopic (exact) mass is 769 g/mol. The minimum absolute atomic E-state index is 0.0808. The molecule has 2 aromatic rings. The van der Waals surface area contributed by atoms with E-state index in [9.17, 15) is 24.3 Å². The number of allylic oxidation sites excluding steroid dienone is 1. The van der Waals surface area contributed by atoms with Crippen molar-refractivity contribution in [3.05, 3.63) is 90.0 Å². The number of carbonyl (C=O) groups excluding carboxylic acids is 4. The van der Waals surface area contributed by atoms with Crippen LogP contribution in [0, 0.1) is 18.8 Å². The second-order valence-electron chi connectivity index (χ2n) is 13.3. The van der Waals surface area contributed by atoms with Crippen LogP contribution < -0.4 is 4.90 Å². The molecule has 3 saturated heterocycles. The number of aliphatic hydroxyl groups is 1. The standard InChI is InChI=1S/C38H45BrClN3O7/c1-6-8-18-28(45)41(5)24(4)32(25-15-10-9-11-16-25)49-37(48)29-30-35(46)43(20-13-21-44)34(38(30)22-26(39)33(29)50-38)36(47)42(19-7-2)31-23(3)14-12-17-27(31)40/h6-7,9-12,14-17,24,26,29-30,32-34,44H,1-2,8,13,18-22H2,3-5H3/t24-,26?,29+,30-,32+,33+,34+,38-/m0/s1. The lowest BCUT2D eigenvalue weighted by molar-refractivity contribution is -0.164. The number of fused-ring (bicyclic) bond motifs is 1. The highest BCUT2D eigenvalue weighted by Gasteiger charge is 2.77. The molecule has 10 nitrogen and oxygen atoms in total. The number of hydrogen-bond acceptors (Lipinski definition) is 7. The number of aliphatic hydroxyl groups excluding tert-OH is 1. The van der Waals surface area contributed by atoms with Crippen molar-refractivity contribution in [3.8, 4) is 0 Å². The van der Waals surface area contributed by atoms with Gasteiger partial charge in [0, 0.05) is 38.0 Å². The lowest BCUT2D eigenvalue weighted by atomic mass is 9.70. The normalized spacial score (nSPS) is 26.2. The van der Waals surface area contributed by atoms with Gasteiger partial charge >= 0.3 is 5.97 Å². The van der Waals surface area contributed by atoms with E-state index in [2.05, 4.69) is 29.1 Å². The van der Waals surface area contributed by atoms with Crippen LogP contribution in [0.15, 0.2) is 73.8 Å². The van der Waals surface area contributed by atoms with E-state index in [-0.39, 0.29) is 43.3 Å². The first-order valence-corrected chi connectivity index (χ1v) is 18.2. The Morgan fingerprint density at radius 3 is 2.54 bits per heavy atom. The number of benzene rings is 2. The molecule has 5 rings (SSSR count). The number of amides is 3. The smallest absolute Gasteiger partial charge is 0.313 e. The molecule has 3 aliphatic rings. The molecule has 3 heterocycles. The van der Waals surface area contributed by atoms with Crippen molar-refractivity contribution in [2.75, 3.05) is 31.6 Å². The van der Waals surface area contributed by atoms with Gasteiger partial charge in [-0.05, 0) is 50.3 Å². The van der Waals surface area contributed by atoms with Crippen LogP contribution in [0.5, 0.6) is 0 Å². The van der Waals surface area contributed by atoms with Crippen LogP contribution in [-0.4, -0.2) is 94.0 Å². The summed E-state index contributed by atoms with van der Waals surface area (Å²) >= 11 is 10.4. The van der Waals surface area contributed by atoms with Crippen molar-refractivity contribution in [1.82, 2.24) is 9.80 Å². The van der Waals surface area contributed by atoms with Crippen LogP contribution in [0.1, 0.15) is 49.8 Å². The number of anilines is 1. The zero-order valence-electron chi connectivity index (χ0n) is 28.7. The molecule has 1 unspecified atom stereocenters. The summed E-state index contributed by atoms with van der Waals surface area (Å²) < 4.78 is 13.0. The molecule has 50 heavy (non-hydrogen) atoms. The van der Waals surface area contributed by atoms with Gasteiger partial charge in [0.15, 0.2) is 0 Å². The van der Waals surface area contributed by atoms with Crippen molar-refractivity contribution in [2.24, 2.45) is 11.8 Å².